The lowest BCUT2D eigenvalue weighted by Crippen LogP contribution is -2.36. The molecule has 0 atom stereocenters. The van der Waals surface area contributed by atoms with Gasteiger partial charge in [0.05, 0.1) is 34.9 Å². The maximum atomic E-state index is 6.14. The highest BCUT2D eigenvalue weighted by molar-refractivity contribution is 6.42. The van der Waals surface area contributed by atoms with E-state index in [-0.39, 0.29) is 0 Å². The van der Waals surface area contributed by atoms with Gasteiger partial charge in [0.1, 0.15) is 18.1 Å². The molecule has 0 saturated carbocycles. The van der Waals surface area contributed by atoms with Crippen LogP contribution in [0.2, 0.25) is 10.0 Å². The molecule has 7 heteroatoms. The Kier molecular flexibility index (Phi) is 5.79. The van der Waals surface area contributed by atoms with Crippen LogP contribution in [0.4, 0.5) is 0 Å². The number of aromatic nitrogens is 1. The van der Waals surface area contributed by atoms with Crippen molar-refractivity contribution in [3.63, 3.8) is 0 Å². The van der Waals surface area contributed by atoms with Gasteiger partial charge in [0.25, 0.3) is 0 Å². The van der Waals surface area contributed by atoms with Crippen molar-refractivity contribution in [2.75, 3.05) is 20.3 Å². The van der Waals surface area contributed by atoms with Crippen LogP contribution in [-0.4, -0.2) is 30.3 Å². The molecule has 0 radical (unpaired) electrons. The highest BCUT2D eigenvalue weighted by Crippen LogP contribution is 2.28. The predicted molar refractivity (Wildman–Crippen MR) is 117 cm³/mol. The van der Waals surface area contributed by atoms with Crippen LogP contribution in [0.3, 0.4) is 0 Å². The number of hydrogen-bond donors (Lipinski definition) is 1. The van der Waals surface area contributed by atoms with E-state index in [9.17, 15) is 0 Å². The van der Waals surface area contributed by atoms with E-state index < -0.39 is 0 Å². The van der Waals surface area contributed by atoms with E-state index in [1.807, 2.05) is 59.8 Å². The van der Waals surface area contributed by atoms with Crippen LogP contribution in [0.15, 0.2) is 67.0 Å². The molecule has 1 aromatic heterocycles. The molecule has 2 heterocycles. The van der Waals surface area contributed by atoms with E-state index in [0.717, 1.165) is 33.7 Å². The first-order valence-electron chi connectivity index (χ1n) is 9.07. The number of halogens is 2. The van der Waals surface area contributed by atoms with Crippen LogP contribution >= 0.6 is 23.2 Å². The van der Waals surface area contributed by atoms with Crippen LogP contribution in [0.25, 0.3) is 16.6 Å². The van der Waals surface area contributed by atoms with Crippen molar-refractivity contribution < 1.29 is 9.47 Å². The molecule has 4 rings (SSSR count). The second kappa shape index (κ2) is 8.64. The fourth-order valence-corrected chi connectivity index (χ4v) is 3.33. The normalized spacial score (nSPS) is 13.2. The van der Waals surface area contributed by atoms with Gasteiger partial charge in [-0.3, -0.25) is 15.4 Å². The predicted octanol–water partition coefficient (Wildman–Crippen LogP) is 5.30. The summed E-state index contributed by atoms with van der Waals surface area (Å²) in [5.41, 5.74) is 6.09. The second-order valence-corrected chi connectivity index (χ2v) is 7.21. The number of hydrogen-bond acceptors (Lipinski definition) is 5. The number of nitrogens with zero attached hydrogens (tertiary/aromatic N) is 2. The van der Waals surface area contributed by atoms with Crippen LogP contribution in [0.1, 0.15) is 5.56 Å². The minimum absolute atomic E-state index is 0.497. The second-order valence-electron chi connectivity index (χ2n) is 6.40. The Morgan fingerprint density at radius 1 is 1.07 bits per heavy atom. The Hall–Kier alpha value is -2.89. The van der Waals surface area contributed by atoms with Crippen molar-refractivity contribution in [3.05, 3.63) is 82.6 Å². The van der Waals surface area contributed by atoms with Crippen LogP contribution < -0.4 is 14.9 Å². The Morgan fingerprint density at radius 2 is 1.97 bits per heavy atom. The zero-order valence-corrected chi connectivity index (χ0v) is 17.2. The molecule has 148 valence electrons. The molecular weight excluding hydrogens is 409 g/mol. The van der Waals surface area contributed by atoms with E-state index in [1.54, 1.807) is 19.4 Å². The van der Waals surface area contributed by atoms with E-state index in [2.05, 4.69) is 10.4 Å². The third-order valence-corrected chi connectivity index (χ3v) is 5.26. The maximum absolute atomic E-state index is 6.14. The Labute approximate surface area is 179 Å². The minimum atomic E-state index is 0.497. The lowest BCUT2D eigenvalue weighted by atomic mass is 10.1. The van der Waals surface area contributed by atoms with Gasteiger partial charge < -0.3 is 9.47 Å². The van der Waals surface area contributed by atoms with Crippen LogP contribution in [0, 0.1) is 0 Å². The van der Waals surface area contributed by atoms with Gasteiger partial charge in [0.15, 0.2) is 0 Å². The fourth-order valence-electron chi connectivity index (χ4n) is 3.04. The van der Waals surface area contributed by atoms with E-state index in [0.29, 0.717) is 23.2 Å². The number of ether oxygens (including phenoxy) is 2. The van der Waals surface area contributed by atoms with Crippen molar-refractivity contribution in [1.29, 1.82) is 0 Å². The molecule has 0 fully saturated rings. The molecular formula is C22H19Cl2N3O2. The highest BCUT2D eigenvalue weighted by Gasteiger charge is 2.11. The first-order valence-corrected chi connectivity index (χ1v) is 9.82. The molecule has 0 amide bonds. The van der Waals surface area contributed by atoms with Gasteiger partial charge in [-0.05, 0) is 42.5 Å². The monoisotopic (exact) mass is 427 g/mol. The summed E-state index contributed by atoms with van der Waals surface area (Å²) < 4.78 is 11.3. The fraction of sp³-hybridized carbons (Fsp3) is 0.136. The molecule has 0 unspecified atom stereocenters. The molecule has 29 heavy (non-hydrogen) atoms. The van der Waals surface area contributed by atoms with E-state index >= 15 is 0 Å². The summed E-state index contributed by atoms with van der Waals surface area (Å²) >= 11 is 12.1. The SMILES string of the molecule is COc1ccc2c(OCCN3C=CC=C(c4ccc(Cl)c(Cl)c4)N3)ccnc2c1. The first-order chi connectivity index (χ1) is 14.1. The van der Waals surface area contributed by atoms with Crippen molar-refractivity contribution in [2.24, 2.45) is 0 Å². The van der Waals surface area contributed by atoms with Crippen LogP contribution in [-0.2, 0) is 0 Å². The average Bonchev–Trinajstić information content (AvgIpc) is 2.75. The molecule has 2 aromatic carbocycles. The summed E-state index contributed by atoms with van der Waals surface area (Å²) in [6.07, 6.45) is 7.66. The number of pyridine rings is 1. The average molecular weight is 428 g/mol. The Balaban J connectivity index is 1.39. The topological polar surface area (TPSA) is 46.6 Å². The number of allylic oxidation sites excluding steroid dienone is 2. The summed E-state index contributed by atoms with van der Waals surface area (Å²) in [6, 6.07) is 13.2. The zero-order valence-electron chi connectivity index (χ0n) is 15.7. The van der Waals surface area contributed by atoms with Gasteiger partial charge in [0, 0.05) is 29.4 Å². The molecule has 0 aliphatic carbocycles. The zero-order chi connectivity index (χ0) is 20.2. The first kappa shape index (κ1) is 19.4. The third kappa shape index (κ3) is 4.42. The number of methoxy groups -OCH3 is 1. The molecule has 3 aromatic rings. The molecule has 1 aliphatic rings. The standard InChI is InChI=1S/C22H19Cl2N3O2/c1-28-16-5-6-17-21(14-16)25-9-8-22(17)29-12-11-27-10-2-3-20(26-27)15-4-7-18(23)19(24)13-15/h2-10,13-14,26H,11-12H2,1H3. The molecule has 1 aliphatic heterocycles. The van der Waals surface area contributed by atoms with Crippen molar-refractivity contribution in [1.82, 2.24) is 15.4 Å². The van der Waals surface area contributed by atoms with Gasteiger partial charge in [-0.15, -0.1) is 0 Å². The van der Waals surface area contributed by atoms with Gasteiger partial charge >= 0.3 is 0 Å². The smallest absolute Gasteiger partial charge is 0.130 e. The molecule has 0 spiro atoms. The van der Waals surface area contributed by atoms with Gasteiger partial charge in [0.2, 0.25) is 0 Å². The summed E-state index contributed by atoms with van der Waals surface area (Å²) in [7, 11) is 1.64. The Bertz CT molecular complexity index is 1100. The summed E-state index contributed by atoms with van der Waals surface area (Å²) in [6.45, 7) is 1.15. The number of rotatable bonds is 6. The maximum Gasteiger partial charge on any atom is 0.130 e. The quantitative estimate of drug-likeness (QED) is 0.577. The van der Waals surface area contributed by atoms with Crippen molar-refractivity contribution in [2.45, 2.75) is 0 Å². The minimum Gasteiger partial charge on any atom is -0.497 e. The van der Waals surface area contributed by atoms with Gasteiger partial charge in [-0.1, -0.05) is 29.3 Å². The third-order valence-electron chi connectivity index (χ3n) is 4.52. The molecule has 0 bridgehead atoms. The lowest BCUT2D eigenvalue weighted by molar-refractivity contribution is 0.232. The number of benzene rings is 2. The van der Waals surface area contributed by atoms with Crippen molar-refractivity contribution in [3.8, 4) is 11.5 Å². The number of fused-ring (bicyclic) bond motifs is 1. The number of nitrogens with one attached hydrogen (secondary N) is 1. The van der Waals surface area contributed by atoms with Gasteiger partial charge in [-0.25, -0.2) is 0 Å². The summed E-state index contributed by atoms with van der Waals surface area (Å²) in [4.78, 5) is 4.38. The van der Waals surface area contributed by atoms with E-state index in [4.69, 9.17) is 32.7 Å². The van der Waals surface area contributed by atoms with E-state index in [1.165, 1.54) is 0 Å². The number of hydrazine groups is 1. The molecule has 5 nitrogen and oxygen atoms in total. The molecule has 1 N–H and O–H groups in total. The molecule has 0 saturated heterocycles. The van der Waals surface area contributed by atoms with Crippen molar-refractivity contribution >= 4 is 39.8 Å². The van der Waals surface area contributed by atoms with Gasteiger partial charge in [-0.2, -0.15) is 0 Å². The lowest BCUT2D eigenvalue weighted by Gasteiger charge is -2.27. The highest BCUT2D eigenvalue weighted by atomic mass is 35.5. The summed E-state index contributed by atoms with van der Waals surface area (Å²) in [5.74, 6) is 1.56. The van der Waals surface area contributed by atoms with Crippen LogP contribution in [0.5, 0.6) is 11.5 Å². The Morgan fingerprint density at radius 3 is 2.79 bits per heavy atom. The summed E-state index contributed by atoms with van der Waals surface area (Å²) in [5, 5.41) is 3.98. The largest absolute Gasteiger partial charge is 0.497 e.